The summed E-state index contributed by atoms with van der Waals surface area (Å²) < 4.78 is 41.5. The average Bonchev–Trinajstić information content (AvgIpc) is 2.42. The molecule has 1 heterocycles. The van der Waals surface area contributed by atoms with Gasteiger partial charge in [-0.2, -0.15) is 8.78 Å². The van der Waals surface area contributed by atoms with Gasteiger partial charge in [-0.1, -0.05) is 11.6 Å². The Kier molecular flexibility index (Phi) is 4.64. The lowest BCUT2D eigenvalue weighted by Gasteiger charge is -2.09. The van der Waals surface area contributed by atoms with Crippen LogP contribution in [-0.2, 0) is 0 Å². The van der Waals surface area contributed by atoms with Gasteiger partial charge in [-0.25, -0.2) is 4.39 Å². The minimum atomic E-state index is -3.13. The number of alkyl halides is 2. The first-order chi connectivity index (χ1) is 9.97. The maximum atomic E-state index is 13.5. The number of nitrogens with zero attached hydrogens (tertiary/aromatic N) is 1. The van der Waals surface area contributed by atoms with Crippen molar-refractivity contribution in [3.05, 3.63) is 53.1 Å². The molecule has 1 aromatic carbocycles. The first-order valence-electron chi connectivity index (χ1n) is 5.62. The number of carbonyl (C=O) groups excluding carboxylic acids is 1. The van der Waals surface area contributed by atoms with Gasteiger partial charge in [-0.15, -0.1) is 0 Å². The van der Waals surface area contributed by atoms with Crippen molar-refractivity contribution in [2.24, 2.45) is 0 Å². The maximum absolute atomic E-state index is 13.5. The molecule has 0 atom stereocenters. The number of aromatic nitrogens is 1. The van der Waals surface area contributed by atoms with E-state index in [1.54, 1.807) is 0 Å². The van der Waals surface area contributed by atoms with Crippen molar-refractivity contribution < 1.29 is 22.7 Å². The topological polar surface area (TPSA) is 51.2 Å². The Morgan fingerprint density at radius 2 is 2.10 bits per heavy atom. The maximum Gasteiger partial charge on any atom is 0.387 e. The molecule has 110 valence electrons. The number of benzene rings is 1. The van der Waals surface area contributed by atoms with E-state index in [0.717, 1.165) is 12.1 Å². The van der Waals surface area contributed by atoms with Crippen LogP contribution in [0.15, 0.2) is 36.7 Å². The number of nitrogens with one attached hydrogen (secondary N) is 1. The second-order valence-electron chi connectivity index (χ2n) is 3.83. The molecule has 0 bridgehead atoms. The fourth-order valence-electron chi connectivity index (χ4n) is 1.53. The molecule has 0 spiro atoms. The van der Waals surface area contributed by atoms with E-state index in [2.05, 4.69) is 15.0 Å². The van der Waals surface area contributed by atoms with E-state index in [1.807, 2.05) is 0 Å². The van der Waals surface area contributed by atoms with Crippen LogP contribution < -0.4 is 10.1 Å². The lowest BCUT2D eigenvalue weighted by atomic mass is 10.2. The van der Waals surface area contributed by atoms with Crippen molar-refractivity contribution in [1.29, 1.82) is 0 Å². The van der Waals surface area contributed by atoms with Gasteiger partial charge in [0.25, 0.3) is 5.91 Å². The normalized spacial score (nSPS) is 10.5. The van der Waals surface area contributed by atoms with Crippen molar-refractivity contribution in [3.63, 3.8) is 0 Å². The molecular formula is C13H8ClF3N2O2. The third-order valence-electron chi connectivity index (χ3n) is 2.42. The van der Waals surface area contributed by atoms with Gasteiger partial charge in [0.15, 0.2) is 11.6 Å². The fourth-order valence-corrected chi connectivity index (χ4v) is 1.73. The minimum Gasteiger partial charge on any atom is -0.432 e. The van der Waals surface area contributed by atoms with Crippen LogP contribution in [0.3, 0.4) is 0 Å². The summed E-state index contributed by atoms with van der Waals surface area (Å²) >= 11 is 5.80. The Bertz CT molecular complexity index is 668. The van der Waals surface area contributed by atoms with Crippen LogP contribution in [0.1, 0.15) is 10.4 Å². The fraction of sp³-hybridized carbons (Fsp3) is 0.0769. The smallest absolute Gasteiger partial charge is 0.387 e. The largest absolute Gasteiger partial charge is 0.432 e. The van der Waals surface area contributed by atoms with Crippen molar-refractivity contribution in [1.82, 2.24) is 4.98 Å². The van der Waals surface area contributed by atoms with E-state index in [0.29, 0.717) is 0 Å². The SMILES string of the molecule is O=C(Nc1ccc(OC(F)F)c(F)c1)c1ccncc1Cl. The Morgan fingerprint density at radius 3 is 2.71 bits per heavy atom. The van der Waals surface area contributed by atoms with E-state index >= 15 is 0 Å². The number of anilines is 1. The number of rotatable bonds is 4. The molecule has 0 radical (unpaired) electrons. The molecule has 0 aliphatic heterocycles. The lowest BCUT2D eigenvalue weighted by molar-refractivity contribution is -0.0521. The molecule has 0 aliphatic rings. The first kappa shape index (κ1) is 15.1. The Labute approximate surface area is 122 Å². The van der Waals surface area contributed by atoms with Crippen molar-refractivity contribution in [3.8, 4) is 5.75 Å². The second kappa shape index (κ2) is 6.45. The van der Waals surface area contributed by atoms with Crippen LogP contribution in [0.25, 0.3) is 0 Å². The molecule has 1 amide bonds. The van der Waals surface area contributed by atoms with Crippen LogP contribution >= 0.6 is 11.6 Å². The highest BCUT2D eigenvalue weighted by Gasteiger charge is 2.13. The van der Waals surface area contributed by atoms with Gasteiger partial charge in [-0.3, -0.25) is 9.78 Å². The number of ether oxygens (including phenoxy) is 1. The summed E-state index contributed by atoms with van der Waals surface area (Å²) in [5, 5.41) is 2.52. The molecule has 1 aromatic heterocycles. The minimum absolute atomic E-state index is 0.0759. The Hall–Kier alpha value is -2.28. The highest BCUT2D eigenvalue weighted by Crippen LogP contribution is 2.23. The first-order valence-corrected chi connectivity index (χ1v) is 6.00. The number of carbonyl (C=O) groups is 1. The molecule has 0 aliphatic carbocycles. The van der Waals surface area contributed by atoms with Crippen molar-refractivity contribution in [2.75, 3.05) is 5.32 Å². The third-order valence-corrected chi connectivity index (χ3v) is 2.72. The van der Waals surface area contributed by atoms with E-state index in [1.165, 1.54) is 24.5 Å². The summed E-state index contributed by atoms with van der Waals surface area (Å²) in [7, 11) is 0. The standard InChI is InChI=1S/C13H8ClF3N2O2/c14-9-6-18-4-3-8(9)12(20)19-7-1-2-11(10(15)5-7)21-13(16)17/h1-6,13H,(H,19,20). The highest BCUT2D eigenvalue weighted by molar-refractivity contribution is 6.34. The predicted octanol–water partition coefficient (Wildman–Crippen LogP) is 3.73. The number of hydrogen-bond acceptors (Lipinski definition) is 3. The Balaban J connectivity index is 2.15. The van der Waals surface area contributed by atoms with Gasteiger partial charge < -0.3 is 10.1 Å². The molecule has 0 saturated carbocycles. The van der Waals surface area contributed by atoms with Gasteiger partial charge >= 0.3 is 6.61 Å². The summed E-state index contributed by atoms with van der Waals surface area (Å²) in [5.41, 5.74) is 0.229. The molecule has 0 unspecified atom stereocenters. The van der Waals surface area contributed by atoms with Crippen molar-refractivity contribution >= 4 is 23.2 Å². The molecule has 2 aromatic rings. The Morgan fingerprint density at radius 1 is 1.33 bits per heavy atom. The van der Waals surface area contributed by atoms with Gasteiger partial charge in [0.05, 0.1) is 10.6 Å². The average molecular weight is 317 g/mol. The van der Waals surface area contributed by atoms with Crippen molar-refractivity contribution in [2.45, 2.75) is 6.61 Å². The number of pyridine rings is 1. The predicted molar refractivity (Wildman–Crippen MR) is 70.2 cm³/mol. The third kappa shape index (κ3) is 3.85. The molecule has 4 nitrogen and oxygen atoms in total. The van der Waals surface area contributed by atoms with Gasteiger partial charge in [0, 0.05) is 24.1 Å². The number of amides is 1. The second-order valence-corrected chi connectivity index (χ2v) is 4.24. The van der Waals surface area contributed by atoms with Crippen LogP contribution in [0.4, 0.5) is 18.9 Å². The summed E-state index contributed by atoms with van der Waals surface area (Å²) in [6.07, 6.45) is 2.66. The molecule has 0 saturated heterocycles. The lowest BCUT2D eigenvalue weighted by Crippen LogP contribution is -2.13. The number of halogens is 4. The molecule has 8 heteroatoms. The molecular weight excluding hydrogens is 309 g/mol. The van der Waals surface area contributed by atoms with E-state index in [-0.39, 0.29) is 16.3 Å². The van der Waals surface area contributed by atoms with Gasteiger partial charge in [0.1, 0.15) is 0 Å². The van der Waals surface area contributed by atoms with Gasteiger partial charge in [-0.05, 0) is 18.2 Å². The summed E-state index contributed by atoms with van der Waals surface area (Å²) in [4.78, 5) is 15.6. The van der Waals surface area contributed by atoms with Crippen LogP contribution in [0.5, 0.6) is 5.75 Å². The van der Waals surface area contributed by atoms with E-state index in [4.69, 9.17) is 11.6 Å². The highest BCUT2D eigenvalue weighted by atomic mass is 35.5. The molecule has 21 heavy (non-hydrogen) atoms. The van der Waals surface area contributed by atoms with Gasteiger partial charge in [0.2, 0.25) is 0 Å². The molecule has 1 N–H and O–H groups in total. The van der Waals surface area contributed by atoms with Crippen LogP contribution in [0, 0.1) is 5.82 Å². The molecule has 2 rings (SSSR count). The zero-order chi connectivity index (χ0) is 15.4. The summed E-state index contributed by atoms with van der Waals surface area (Å²) in [6.45, 7) is -3.13. The van der Waals surface area contributed by atoms with Crippen LogP contribution in [-0.4, -0.2) is 17.5 Å². The monoisotopic (exact) mass is 316 g/mol. The van der Waals surface area contributed by atoms with E-state index in [9.17, 15) is 18.0 Å². The quantitative estimate of drug-likeness (QED) is 0.935. The molecule has 0 fully saturated rings. The number of hydrogen-bond donors (Lipinski definition) is 1. The van der Waals surface area contributed by atoms with E-state index < -0.39 is 24.1 Å². The zero-order valence-corrected chi connectivity index (χ0v) is 11.1. The zero-order valence-electron chi connectivity index (χ0n) is 10.3. The summed E-state index contributed by atoms with van der Waals surface area (Å²) in [6, 6.07) is 4.48. The van der Waals surface area contributed by atoms with Crippen LogP contribution in [0.2, 0.25) is 5.02 Å². The summed E-state index contributed by atoms with van der Waals surface area (Å²) in [5.74, 6) is -2.21.